The van der Waals surface area contributed by atoms with Crippen LogP contribution in [0.2, 0.25) is 0 Å². The van der Waals surface area contributed by atoms with Gasteiger partial charge in [-0.15, -0.1) is 0 Å². The second-order valence-electron chi connectivity index (χ2n) is 20.4. The van der Waals surface area contributed by atoms with Gasteiger partial charge >= 0.3 is 0 Å². The summed E-state index contributed by atoms with van der Waals surface area (Å²) >= 11 is 0. The molecule has 7 aromatic carbocycles. The summed E-state index contributed by atoms with van der Waals surface area (Å²) in [7, 11) is 0. The van der Waals surface area contributed by atoms with E-state index in [2.05, 4.69) is 184 Å². The van der Waals surface area contributed by atoms with Crippen LogP contribution in [0.5, 0.6) is 0 Å². The maximum atomic E-state index is 2.67. The van der Waals surface area contributed by atoms with E-state index in [1.165, 1.54) is 117 Å². The standard InChI is InChI=1S/C58H55N/c1-56(2)28-29-57(3,4)55-50(16-11-18-52(55)56)49-15-8-10-19-54(49)59(45-24-22-40(23-25-45)42-21-20-39-12-5-6-13-41(39)35-42)46-26-27-48-47-14-7-9-17-51(47)58(53(48)36-46)43-31-37-30-38(33-43)34-44(58)32-37/h5-27,35-38,43-44H,28-34H2,1-4H3. The van der Waals surface area contributed by atoms with Crippen molar-refractivity contribution in [3.05, 3.63) is 174 Å². The smallest absolute Gasteiger partial charge is 0.0540 e. The molecule has 292 valence electrons. The van der Waals surface area contributed by atoms with Crippen molar-refractivity contribution in [1.82, 2.24) is 0 Å². The highest BCUT2D eigenvalue weighted by Crippen LogP contribution is 2.69. The Morgan fingerprint density at radius 2 is 1.02 bits per heavy atom. The highest BCUT2D eigenvalue weighted by atomic mass is 15.1. The van der Waals surface area contributed by atoms with Crippen molar-refractivity contribution >= 4 is 27.8 Å². The van der Waals surface area contributed by atoms with Gasteiger partial charge in [0.2, 0.25) is 0 Å². The van der Waals surface area contributed by atoms with Gasteiger partial charge < -0.3 is 4.90 Å². The Bertz CT molecular complexity index is 2770. The van der Waals surface area contributed by atoms with E-state index >= 15 is 0 Å². The van der Waals surface area contributed by atoms with Crippen LogP contribution in [0.4, 0.5) is 17.1 Å². The van der Waals surface area contributed by atoms with Gasteiger partial charge in [-0.05, 0) is 177 Å². The Morgan fingerprint density at radius 3 is 1.80 bits per heavy atom. The molecule has 13 rings (SSSR count). The fourth-order valence-electron chi connectivity index (χ4n) is 13.7. The van der Waals surface area contributed by atoms with Crippen LogP contribution >= 0.6 is 0 Å². The molecule has 1 nitrogen and oxygen atoms in total. The van der Waals surface area contributed by atoms with Crippen molar-refractivity contribution in [2.75, 3.05) is 4.90 Å². The largest absolute Gasteiger partial charge is 0.310 e. The number of hydrogen-bond donors (Lipinski definition) is 0. The predicted octanol–water partition coefficient (Wildman–Crippen LogP) is 15.7. The molecule has 0 aromatic heterocycles. The molecule has 0 unspecified atom stereocenters. The van der Waals surface area contributed by atoms with Crippen molar-refractivity contribution in [3.8, 4) is 33.4 Å². The Morgan fingerprint density at radius 1 is 0.424 bits per heavy atom. The maximum absolute atomic E-state index is 2.67. The zero-order valence-electron chi connectivity index (χ0n) is 35.1. The van der Waals surface area contributed by atoms with E-state index in [1.54, 1.807) is 11.1 Å². The van der Waals surface area contributed by atoms with Crippen LogP contribution in [0.1, 0.15) is 94.9 Å². The van der Waals surface area contributed by atoms with Crippen LogP contribution < -0.4 is 4.90 Å². The molecule has 0 amide bonds. The van der Waals surface area contributed by atoms with Gasteiger partial charge in [0.1, 0.15) is 0 Å². The lowest BCUT2D eigenvalue weighted by molar-refractivity contribution is -0.0399. The molecule has 0 saturated heterocycles. The second-order valence-corrected chi connectivity index (χ2v) is 20.4. The zero-order chi connectivity index (χ0) is 39.7. The van der Waals surface area contributed by atoms with Crippen LogP contribution in [0, 0.1) is 23.7 Å². The van der Waals surface area contributed by atoms with Gasteiger partial charge in [0.15, 0.2) is 0 Å². The molecule has 7 aromatic rings. The highest BCUT2D eigenvalue weighted by molar-refractivity contribution is 5.93. The van der Waals surface area contributed by atoms with E-state index < -0.39 is 0 Å². The topological polar surface area (TPSA) is 3.24 Å². The van der Waals surface area contributed by atoms with Gasteiger partial charge in [0, 0.05) is 22.4 Å². The van der Waals surface area contributed by atoms with Crippen molar-refractivity contribution in [1.29, 1.82) is 0 Å². The van der Waals surface area contributed by atoms with Gasteiger partial charge in [-0.25, -0.2) is 0 Å². The molecule has 1 spiro atoms. The summed E-state index contributed by atoms with van der Waals surface area (Å²) in [5, 5.41) is 2.56. The molecule has 0 aliphatic heterocycles. The summed E-state index contributed by atoms with van der Waals surface area (Å²) in [6.45, 7) is 9.84. The fourth-order valence-corrected chi connectivity index (χ4v) is 13.7. The maximum Gasteiger partial charge on any atom is 0.0540 e. The van der Waals surface area contributed by atoms with Crippen LogP contribution in [-0.4, -0.2) is 0 Å². The number of nitrogens with zero attached hydrogens (tertiary/aromatic N) is 1. The highest BCUT2D eigenvalue weighted by Gasteiger charge is 2.61. The Labute approximate surface area is 351 Å². The average Bonchev–Trinajstić information content (AvgIpc) is 3.54. The zero-order valence-corrected chi connectivity index (χ0v) is 35.1. The third-order valence-corrected chi connectivity index (χ3v) is 16.3. The summed E-state index contributed by atoms with van der Waals surface area (Å²) in [6.07, 6.45) is 9.41. The molecule has 0 radical (unpaired) electrons. The Kier molecular flexibility index (Phi) is 7.71. The summed E-state index contributed by atoms with van der Waals surface area (Å²) < 4.78 is 0. The first-order chi connectivity index (χ1) is 28.7. The van der Waals surface area contributed by atoms with Gasteiger partial charge in [0.25, 0.3) is 0 Å². The molecule has 4 bridgehead atoms. The van der Waals surface area contributed by atoms with E-state index in [9.17, 15) is 0 Å². The third kappa shape index (κ3) is 5.22. The van der Waals surface area contributed by atoms with Gasteiger partial charge in [-0.2, -0.15) is 0 Å². The van der Waals surface area contributed by atoms with Gasteiger partial charge in [0.05, 0.1) is 5.69 Å². The molecule has 59 heavy (non-hydrogen) atoms. The predicted molar refractivity (Wildman–Crippen MR) is 248 cm³/mol. The van der Waals surface area contributed by atoms with E-state index in [-0.39, 0.29) is 16.2 Å². The quantitative estimate of drug-likeness (QED) is 0.169. The monoisotopic (exact) mass is 765 g/mol. The minimum atomic E-state index is 0.0755. The SMILES string of the molecule is CC1(C)CCC(C)(C)c2c(-c3ccccc3N(c3ccc(-c4ccc5ccccc5c4)cc3)c3ccc4c(c3)C3(c5ccccc5-4)C4CC5CC(C4)CC3C5)cccc21. The van der Waals surface area contributed by atoms with Gasteiger partial charge in [-0.1, -0.05) is 143 Å². The van der Waals surface area contributed by atoms with E-state index in [0.29, 0.717) is 0 Å². The molecule has 4 saturated carbocycles. The number of rotatable bonds is 5. The lowest BCUT2D eigenvalue weighted by Crippen LogP contribution is -2.55. The Hall–Kier alpha value is -5.40. The van der Waals surface area contributed by atoms with Crippen molar-refractivity contribution in [3.63, 3.8) is 0 Å². The first-order valence-corrected chi connectivity index (χ1v) is 22.6. The first kappa shape index (κ1) is 35.5. The molecule has 0 heterocycles. The molecular weight excluding hydrogens is 711 g/mol. The van der Waals surface area contributed by atoms with Crippen LogP contribution in [0.15, 0.2) is 152 Å². The number of fused-ring (bicyclic) bond motifs is 5. The normalized spacial score (nSPS) is 25.2. The molecule has 0 atom stereocenters. The summed E-state index contributed by atoms with van der Waals surface area (Å²) in [4.78, 5) is 2.60. The van der Waals surface area contributed by atoms with Crippen LogP contribution in [-0.2, 0) is 16.2 Å². The van der Waals surface area contributed by atoms with Crippen LogP contribution in [0.25, 0.3) is 44.2 Å². The van der Waals surface area contributed by atoms with Gasteiger partial charge in [-0.3, -0.25) is 0 Å². The van der Waals surface area contributed by atoms with E-state index in [4.69, 9.17) is 0 Å². The number of benzene rings is 7. The molecular formula is C58H55N. The van der Waals surface area contributed by atoms with Crippen molar-refractivity contribution in [2.45, 2.75) is 88.9 Å². The van der Waals surface area contributed by atoms with E-state index in [0.717, 1.165) is 23.7 Å². The second kappa shape index (κ2) is 12.8. The fraction of sp³-hybridized carbons (Fsp3) is 0.310. The minimum Gasteiger partial charge on any atom is -0.310 e. The van der Waals surface area contributed by atoms with Crippen molar-refractivity contribution < 1.29 is 0 Å². The summed E-state index contributed by atoms with van der Waals surface area (Å²) in [5.74, 6) is 3.27. The lowest BCUT2D eigenvalue weighted by Gasteiger charge is -2.61. The minimum absolute atomic E-state index is 0.0755. The molecule has 6 aliphatic carbocycles. The number of anilines is 3. The lowest BCUT2D eigenvalue weighted by atomic mass is 9.43. The third-order valence-electron chi connectivity index (χ3n) is 16.3. The molecule has 6 aliphatic rings. The first-order valence-electron chi connectivity index (χ1n) is 22.6. The molecule has 1 heteroatoms. The van der Waals surface area contributed by atoms with Crippen LogP contribution in [0.3, 0.4) is 0 Å². The van der Waals surface area contributed by atoms with E-state index in [1.807, 2.05) is 0 Å². The number of para-hydroxylation sites is 1. The van der Waals surface area contributed by atoms with Crippen molar-refractivity contribution in [2.24, 2.45) is 23.7 Å². The average molecular weight is 766 g/mol. The Balaban J connectivity index is 1.06. The molecule has 0 N–H and O–H groups in total. The summed E-state index contributed by atoms with van der Waals surface area (Å²) in [5.41, 5.74) is 18.4. The number of hydrogen-bond acceptors (Lipinski definition) is 1. The molecule has 4 fully saturated rings. The summed E-state index contributed by atoms with van der Waals surface area (Å²) in [6, 6.07) is 58.5.